The highest BCUT2D eigenvalue weighted by Crippen LogP contribution is 2.12. The molecule has 4 nitrogen and oxygen atoms in total. The molecule has 1 aliphatic rings. The Morgan fingerprint density at radius 2 is 2.33 bits per heavy atom. The Balaban J connectivity index is 2.09. The van der Waals surface area contributed by atoms with Crippen molar-refractivity contribution in [2.75, 3.05) is 26.9 Å². The average Bonchev–Trinajstić information content (AvgIpc) is 1.79. The van der Waals surface area contributed by atoms with Crippen LogP contribution < -0.4 is 5.73 Å². The third-order valence-corrected chi connectivity index (χ3v) is 1.24. The molecular formula is C5H11NO3. The van der Waals surface area contributed by atoms with Gasteiger partial charge in [0.15, 0.2) is 0 Å². The van der Waals surface area contributed by atoms with Crippen molar-refractivity contribution in [2.24, 2.45) is 5.73 Å². The summed E-state index contributed by atoms with van der Waals surface area (Å²) in [5, 5.41) is 0. The molecule has 0 bridgehead atoms. The predicted molar refractivity (Wildman–Crippen MR) is 30.7 cm³/mol. The van der Waals surface area contributed by atoms with E-state index in [0.29, 0.717) is 19.8 Å². The van der Waals surface area contributed by atoms with Gasteiger partial charge in [0.1, 0.15) is 6.61 Å². The average molecular weight is 133 g/mol. The highest BCUT2D eigenvalue weighted by molar-refractivity contribution is 4.89. The minimum Gasteiger partial charge on any atom is -0.377 e. The molecule has 1 fully saturated rings. The smallest absolute Gasteiger partial charge is 0.105 e. The van der Waals surface area contributed by atoms with E-state index >= 15 is 0 Å². The van der Waals surface area contributed by atoms with Crippen LogP contribution in [-0.4, -0.2) is 32.5 Å². The van der Waals surface area contributed by atoms with E-state index < -0.39 is 0 Å². The van der Waals surface area contributed by atoms with Crippen LogP contribution >= 0.6 is 0 Å². The number of rotatable bonds is 3. The van der Waals surface area contributed by atoms with Crippen molar-refractivity contribution >= 4 is 0 Å². The molecule has 0 aromatic carbocycles. The Morgan fingerprint density at radius 1 is 1.67 bits per heavy atom. The largest absolute Gasteiger partial charge is 0.377 e. The summed E-state index contributed by atoms with van der Waals surface area (Å²) in [7, 11) is 1.46. The maximum Gasteiger partial charge on any atom is 0.105 e. The van der Waals surface area contributed by atoms with E-state index in [0.717, 1.165) is 0 Å². The van der Waals surface area contributed by atoms with Crippen LogP contribution in [0.1, 0.15) is 0 Å². The number of nitrogens with two attached hydrogens (primary N) is 1. The summed E-state index contributed by atoms with van der Waals surface area (Å²) in [6.07, 6.45) is 0. The van der Waals surface area contributed by atoms with Gasteiger partial charge in [0.2, 0.25) is 0 Å². The molecule has 0 aromatic rings. The van der Waals surface area contributed by atoms with E-state index in [9.17, 15) is 0 Å². The topological polar surface area (TPSA) is 53.7 Å². The molecule has 2 N–H and O–H groups in total. The van der Waals surface area contributed by atoms with Gasteiger partial charge < -0.3 is 10.5 Å². The van der Waals surface area contributed by atoms with Crippen LogP contribution in [0.4, 0.5) is 0 Å². The zero-order valence-corrected chi connectivity index (χ0v) is 5.42. The van der Waals surface area contributed by atoms with Gasteiger partial charge in [-0.2, -0.15) is 0 Å². The quantitative estimate of drug-likeness (QED) is 0.408. The molecule has 0 radical (unpaired) electrons. The lowest BCUT2D eigenvalue weighted by Gasteiger charge is -2.36. The van der Waals surface area contributed by atoms with Crippen molar-refractivity contribution in [1.29, 1.82) is 0 Å². The van der Waals surface area contributed by atoms with Gasteiger partial charge in [0.05, 0.1) is 25.9 Å². The van der Waals surface area contributed by atoms with Gasteiger partial charge >= 0.3 is 0 Å². The maximum atomic E-state index is 5.66. The van der Waals surface area contributed by atoms with Gasteiger partial charge in [-0.1, -0.05) is 0 Å². The molecule has 0 aromatic heterocycles. The molecule has 1 aliphatic heterocycles. The fourth-order valence-electron chi connectivity index (χ4n) is 0.624. The summed E-state index contributed by atoms with van der Waals surface area (Å²) in [6.45, 7) is 1.54. The molecule has 0 spiro atoms. The van der Waals surface area contributed by atoms with Crippen LogP contribution in [0.5, 0.6) is 0 Å². The summed E-state index contributed by atoms with van der Waals surface area (Å²) in [4.78, 5) is 9.01. The molecule has 4 heteroatoms. The van der Waals surface area contributed by atoms with Gasteiger partial charge in [-0.05, 0) is 0 Å². The summed E-state index contributed by atoms with van der Waals surface area (Å²) < 4.78 is 4.87. The van der Waals surface area contributed by atoms with E-state index in [1.165, 1.54) is 7.11 Å². The highest BCUT2D eigenvalue weighted by Gasteiger charge is 2.34. The third kappa shape index (κ3) is 1.62. The van der Waals surface area contributed by atoms with Crippen molar-refractivity contribution in [3.8, 4) is 0 Å². The second kappa shape index (κ2) is 2.62. The fraction of sp³-hybridized carbons (Fsp3) is 1.00. The molecule has 0 saturated carbocycles. The Hall–Kier alpha value is -0.160. The van der Waals surface area contributed by atoms with Crippen LogP contribution in [0.2, 0.25) is 0 Å². The number of hydrogen-bond donors (Lipinski definition) is 1. The highest BCUT2D eigenvalue weighted by atomic mass is 17.2. The van der Waals surface area contributed by atoms with Crippen LogP contribution in [0.3, 0.4) is 0 Å². The molecule has 0 unspecified atom stereocenters. The van der Waals surface area contributed by atoms with Crippen LogP contribution in [0.15, 0.2) is 0 Å². The van der Waals surface area contributed by atoms with Crippen molar-refractivity contribution in [2.45, 2.75) is 5.54 Å². The predicted octanol–water partition coefficient (Wildman–Crippen LogP) is -0.708. The number of ether oxygens (including phenoxy) is 1. The summed E-state index contributed by atoms with van der Waals surface area (Å²) in [6, 6.07) is 0. The Bertz CT molecular complexity index is 92.2. The van der Waals surface area contributed by atoms with Crippen molar-refractivity contribution in [1.82, 2.24) is 0 Å². The minimum atomic E-state index is -0.296. The Kier molecular flexibility index (Phi) is 2.02. The normalized spacial score (nSPS) is 23.3. The standard InChI is InChI=1S/C5H11NO3/c1-7-9-4-5(6)2-8-3-5/h2-4,6H2,1H3. The van der Waals surface area contributed by atoms with E-state index in [2.05, 4.69) is 9.78 Å². The van der Waals surface area contributed by atoms with E-state index in [1.807, 2.05) is 0 Å². The third-order valence-electron chi connectivity index (χ3n) is 1.24. The van der Waals surface area contributed by atoms with Crippen LogP contribution in [-0.2, 0) is 14.5 Å². The molecule has 0 aliphatic carbocycles. The molecule has 1 rings (SSSR count). The fourth-order valence-corrected chi connectivity index (χ4v) is 0.624. The SMILES string of the molecule is COOCC1(N)COC1. The Morgan fingerprint density at radius 3 is 2.67 bits per heavy atom. The zero-order valence-electron chi connectivity index (χ0n) is 5.42. The summed E-state index contributed by atoms with van der Waals surface area (Å²) in [5.74, 6) is 0. The van der Waals surface area contributed by atoms with Crippen LogP contribution in [0.25, 0.3) is 0 Å². The summed E-state index contributed by atoms with van der Waals surface area (Å²) >= 11 is 0. The van der Waals surface area contributed by atoms with Crippen molar-refractivity contribution in [3.05, 3.63) is 0 Å². The lowest BCUT2D eigenvalue weighted by atomic mass is 10.0. The molecule has 9 heavy (non-hydrogen) atoms. The zero-order chi connectivity index (χ0) is 6.74. The molecule has 1 heterocycles. The monoisotopic (exact) mass is 133 g/mol. The second-order valence-electron chi connectivity index (χ2n) is 2.28. The Labute approximate surface area is 53.8 Å². The molecule has 1 saturated heterocycles. The second-order valence-corrected chi connectivity index (χ2v) is 2.28. The van der Waals surface area contributed by atoms with E-state index in [-0.39, 0.29) is 5.54 Å². The summed E-state index contributed by atoms with van der Waals surface area (Å²) in [5.41, 5.74) is 5.36. The van der Waals surface area contributed by atoms with Gasteiger partial charge in [-0.25, -0.2) is 9.78 Å². The van der Waals surface area contributed by atoms with Crippen molar-refractivity contribution < 1.29 is 14.5 Å². The molecule has 54 valence electrons. The number of hydrogen-bond acceptors (Lipinski definition) is 4. The van der Waals surface area contributed by atoms with E-state index in [1.54, 1.807) is 0 Å². The van der Waals surface area contributed by atoms with Gasteiger partial charge in [0.25, 0.3) is 0 Å². The lowest BCUT2D eigenvalue weighted by molar-refractivity contribution is -0.295. The minimum absolute atomic E-state index is 0.296. The van der Waals surface area contributed by atoms with Gasteiger partial charge in [-0.15, -0.1) is 0 Å². The molecule has 0 amide bonds. The van der Waals surface area contributed by atoms with Gasteiger partial charge in [0, 0.05) is 0 Å². The lowest BCUT2D eigenvalue weighted by Crippen LogP contribution is -2.60. The van der Waals surface area contributed by atoms with Gasteiger partial charge in [-0.3, -0.25) is 0 Å². The first-order chi connectivity index (χ1) is 4.27. The molecule has 0 atom stereocenters. The van der Waals surface area contributed by atoms with Crippen LogP contribution in [0, 0.1) is 0 Å². The first-order valence-corrected chi connectivity index (χ1v) is 2.79. The van der Waals surface area contributed by atoms with Crippen molar-refractivity contribution in [3.63, 3.8) is 0 Å². The maximum absolute atomic E-state index is 5.66. The first-order valence-electron chi connectivity index (χ1n) is 2.79. The molecular weight excluding hydrogens is 122 g/mol. The first kappa shape index (κ1) is 6.95. The van der Waals surface area contributed by atoms with E-state index in [4.69, 9.17) is 10.5 Å².